The Morgan fingerprint density at radius 3 is 2.15 bits per heavy atom. The van der Waals surface area contributed by atoms with E-state index < -0.39 is 0 Å². The van der Waals surface area contributed by atoms with Gasteiger partial charge in [0.15, 0.2) is 0 Å². The standard InChI is InChI=1S/C22H36N2O3/c1-27-20-9-7-17(8-10-20)22(26)24-14-18(15-24)21(25)16-4-3-12-23(13-11-16)19-5-2-6-19/h16-20H,2-15H2,1H3. The molecule has 152 valence electrons. The summed E-state index contributed by atoms with van der Waals surface area (Å²) in [5.74, 6) is 1.21. The molecule has 0 aromatic carbocycles. The van der Waals surface area contributed by atoms with Crippen molar-refractivity contribution in [2.45, 2.75) is 76.4 Å². The van der Waals surface area contributed by atoms with Crippen LogP contribution in [0.15, 0.2) is 0 Å². The van der Waals surface area contributed by atoms with Crippen molar-refractivity contribution in [3.63, 3.8) is 0 Å². The molecule has 5 heteroatoms. The fourth-order valence-corrected chi connectivity index (χ4v) is 5.50. The van der Waals surface area contributed by atoms with E-state index in [1.807, 2.05) is 4.90 Å². The van der Waals surface area contributed by atoms with Gasteiger partial charge in [0.2, 0.25) is 5.91 Å². The number of likely N-dealkylation sites (tertiary alicyclic amines) is 2. The Kier molecular flexibility index (Phi) is 6.18. The maximum absolute atomic E-state index is 12.9. The number of rotatable bonds is 5. The minimum absolute atomic E-state index is 0.101. The third-order valence-electron chi connectivity index (χ3n) is 7.71. The minimum Gasteiger partial charge on any atom is -0.381 e. The van der Waals surface area contributed by atoms with Crippen LogP contribution in [-0.4, -0.2) is 66.9 Å². The van der Waals surface area contributed by atoms with Crippen molar-refractivity contribution in [3.05, 3.63) is 0 Å². The number of carbonyl (C=O) groups excluding carboxylic acids is 2. The van der Waals surface area contributed by atoms with Crippen molar-refractivity contribution in [1.29, 1.82) is 0 Å². The van der Waals surface area contributed by atoms with Crippen molar-refractivity contribution in [2.24, 2.45) is 17.8 Å². The number of ether oxygens (including phenoxy) is 1. The van der Waals surface area contributed by atoms with Crippen LogP contribution in [0.1, 0.15) is 64.2 Å². The number of carbonyl (C=O) groups is 2. The monoisotopic (exact) mass is 376 g/mol. The van der Waals surface area contributed by atoms with Gasteiger partial charge in [-0.15, -0.1) is 0 Å². The second-order valence-electron chi connectivity index (χ2n) is 9.30. The van der Waals surface area contributed by atoms with Crippen molar-refractivity contribution in [1.82, 2.24) is 9.80 Å². The smallest absolute Gasteiger partial charge is 0.225 e. The highest BCUT2D eigenvalue weighted by molar-refractivity contribution is 5.88. The first-order valence-corrected chi connectivity index (χ1v) is 11.2. The van der Waals surface area contributed by atoms with E-state index in [4.69, 9.17) is 4.74 Å². The maximum atomic E-state index is 12.9. The largest absolute Gasteiger partial charge is 0.381 e. The molecular weight excluding hydrogens is 340 g/mol. The zero-order chi connectivity index (χ0) is 18.8. The molecule has 0 radical (unpaired) electrons. The van der Waals surface area contributed by atoms with Gasteiger partial charge in [0, 0.05) is 38.1 Å². The van der Waals surface area contributed by atoms with Crippen LogP contribution >= 0.6 is 0 Å². The normalized spacial score (nSPS) is 33.8. The molecule has 0 bridgehead atoms. The summed E-state index contributed by atoms with van der Waals surface area (Å²) in [5.41, 5.74) is 0. The van der Waals surface area contributed by atoms with Gasteiger partial charge in [-0.05, 0) is 70.9 Å². The van der Waals surface area contributed by atoms with Gasteiger partial charge in [0.05, 0.1) is 12.0 Å². The van der Waals surface area contributed by atoms with Crippen LogP contribution < -0.4 is 0 Å². The van der Waals surface area contributed by atoms with E-state index in [-0.39, 0.29) is 23.7 Å². The van der Waals surface area contributed by atoms with Crippen molar-refractivity contribution < 1.29 is 14.3 Å². The highest BCUT2D eigenvalue weighted by atomic mass is 16.5. The molecule has 1 unspecified atom stereocenters. The number of hydrogen-bond donors (Lipinski definition) is 0. The third-order valence-corrected chi connectivity index (χ3v) is 7.71. The molecule has 1 atom stereocenters. The lowest BCUT2D eigenvalue weighted by molar-refractivity contribution is -0.148. The Labute approximate surface area is 163 Å². The number of hydrogen-bond acceptors (Lipinski definition) is 4. The van der Waals surface area contributed by atoms with E-state index in [2.05, 4.69) is 4.90 Å². The van der Waals surface area contributed by atoms with Gasteiger partial charge in [-0.2, -0.15) is 0 Å². The number of nitrogens with zero attached hydrogens (tertiary/aromatic N) is 2. The third kappa shape index (κ3) is 4.24. The van der Waals surface area contributed by atoms with E-state index in [9.17, 15) is 9.59 Å². The van der Waals surface area contributed by atoms with Gasteiger partial charge < -0.3 is 14.5 Å². The van der Waals surface area contributed by atoms with E-state index in [1.54, 1.807) is 7.11 Å². The van der Waals surface area contributed by atoms with Crippen LogP contribution in [0.5, 0.6) is 0 Å². The molecule has 1 amide bonds. The first-order valence-electron chi connectivity index (χ1n) is 11.2. The van der Waals surface area contributed by atoms with Crippen LogP contribution in [0.2, 0.25) is 0 Å². The fraction of sp³-hybridized carbons (Fsp3) is 0.909. The van der Waals surface area contributed by atoms with Crippen molar-refractivity contribution >= 4 is 11.7 Å². The van der Waals surface area contributed by atoms with E-state index >= 15 is 0 Å². The van der Waals surface area contributed by atoms with Crippen LogP contribution in [0.3, 0.4) is 0 Å². The molecule has 4 rings (SSSR count). The highest BCUT2D eigenvalue weighted by Crippen LogP contribution is 2.33. The average molecular weight is 377 g/mol. The Morgan fingerprint density at radius 2 is 1.52 bits per heavy atom. The van der Waals surface area contributed by atoms with E-state index in [1.165, 1.54) is 25.8 Å². The lowest BCUT2D eigenvalue weighted by Gasteiger charge is -2.42. The van der Waals surface area contributed by atoms with E-state index in [0.717, 1.165) is 57.5 Å². The number of Topliss-reactive ketones (excluding diaryl/α,β-unsaturated/α-hetero) is 1. The van der Waals surface area contributed by atoms with Crippen molar-refractivity contribution in [2.75, 3.05) is 33.3 Å². The zero-order valence-corrected chi connectivity index (χ0v) is 16.9. The summed E-state index contributed by atoms with van der Waals surface area (Å²) < 4.78 is 5.41. The Hall–Kier alpha value is -0.940. The van der Waals surface area contributed by atoms with Gasteiger partial charge in [-0.3, -0.25) is 9.59 Å². The van der Waals surface area contributed by atoms with Crippen molar-refractivity contribution in [3.8, 4) is 0 Å². The summed E-state index contributed by atoms with van der Waals surface area (Å²) in [6, 6.07) is 0.795. The molecule has 0 N–H and O–H groups in total. The molecule has 2 saturated carbocycles. The van der Waals surface area contributed by atoms with Gasteiger partial charge >= 0.3 is 0 Å². The summed E-state index contributed by atoms with van der Waals surface area (Å²) >= 11 is 0. The van der Waals surface area contributed by atoms with Gasteiger partial charge in [-0.25, -0.2) is 0 Å². The predicted octanol–water partition coefficient (Wildman–Crippen LogP) is 2.87. The second-order valence-corrected chi connectivity index (χ2v) is 9.30. The second kappa shape index (κ2) is 8.60. The molecule has 4 aliphatic rings. The zero-order valence-electron chi connectivity index (χ0n) is 16.9. The van der Waals surface area contributed by atoms with Crippen LogP contribution in [0, 0.1) is 17.8 Å². The molecule has 2 aliphatic carbocycles. The van der Waals surface area contributed by atoms with Crippen LogP contribution in [-0.2, 0) is 14.3 Å². The minimum atomic E-state index is 0.101. The first-order chi connectivity index (χ1) is 13.2. The predicted molar refractivity (Wildman–Crippen MR) is 104 cm³/mol. The molecule has 0 aromatic heterocycles. The number of ketones is 1. The molecule has 0 aromatic rings. The summed E-state index contributed by atoms with van der Waals surface area (Å²) in [6.45, 7) is 3.61. The van der Waals surface area contributed by atoms with Crippen LogP contribution in [0.25, 0.3) is 0 Å². The Bertz CT molecular complexity index is 534. The topological polar surface area (TPSA) is 49.9 Å². The molecule has 27 heavy (non-hydrogen) atoms. The Balaban J connectivity index is 1.21. The molecule has 2 saturated heterocycles. The summed E-state index contributed by atoms with van der Waals surface area (Å²) in [7, 11) is 1.76. The SMILES string of the molecule is COC1CCC(C(=O)N2CC(C(=O)C3CCCN(C4CCC4)CC3)C2)CC1. The molecular formula is C22H36N2O3. The fourth-order valence-electron chi connectivity index (χ4n) is 5.50. The summed E-state index contributed by atoms with van der Waals surface area (Å²) in [6.07, 6.45) is 11.5. The molecule has 0 spiro atoms. The number of amides is 1. The average Bonchev–Trinajstić information content (AvgIpc) is 2.85. The van der Waals surface area contributed by atoms with Crippen LogP contribution in [0.4, 0.5) is 0 Å². The molecule has 5 nitrogen and oxygen atoms in total. The maximum Gasteiger partial charge on any atom is 0.225 e. The quantitative estimate of drug-likeness (QED) is 0.740. The van der Waals surface area contributed by atoms with Gasteiger partial charge in [0.25, 0.3) is 0 Å². The molecule has 4 fully saturated rings. The number of methoxy groups -OCH3 is 1. The molecule has 2 heterocycles. The first kappa shape index (κ1) is 19.4. The Morgan fingerprint density at radius 1 is 0.778 bits per heavy atom. The lowest BCUT2D eigenvalue weighted by atomic mass is 9.81. The summed E-state index contributed by atoms with van der Waals surface area (Å²) in [5, 5.41) is 0. The van der Waals surface area contributed by atoms with E-state index in [0.29, 0.717) is 25.0 Å². The molecule has 2 aliphatic heterocycles. The lowest BCUT2D eigenvalue weighted by Crippen LogP contribution is -2.56. The summed E-state index contributed by atoms with van der Waals surface area (Å²) in [4.78, 5) is 30.2. The van der Waals surface area contributed by atoms with Gasteiger partial charge in [-0.1, -0.05) is 6.42 Å². The highest BCUT2D eigenvalue weighted by Gasteiger charge is 2.41. The van der Waals surface area contributed by atoms with Gasteiger partial charge in [0.1, 0.15) is 5.78 Å².